The zero-order valence-electron chi connectivity index (χ0n) is 26.8. The van der Waals surface area contributed by atoms with Gasteiger partial charge in [-0.3, -0.25) is 14.4 Å². The highest BCUT2D eigenvalue weighted by atomic mass is 35.5. The number of benzene rings is 2. The Hall–Kier alpha value is -3.70. The first-order chi connectivity index (χ1) is 21.4. The lowest BCUT2D eigenvalue weighted by Gasteiger charge is -2.26. The lowest BCUT2D eigenvalue weighted by Crippen LogP contribution is -2.40. The predicted octanol–water partition coefficient (Wildman–Crippen LogP) is 7.36. The molecule has 12 heteroatoms. The molecule has 46 heavy (non-hydrogen) atoms. The predicted molar refractivity (Wildman–Crippen MR) is 171 cm³/mol. The van der Waals surface area contributed by atoms with Crippen LogP contribution in [0.4, 0.5) is 17.6 Å². The number of pyridine rings is 1. The van der Waals surface area contributed by atoms with Gasteiger partial charge in [-0.1, -0.05) is 43.6 Å². The molecule has 250 valence electrons. The standard InChI is InChI=1S/C34H40ClF4N3O4/c1-19(2)10-11-28(42-18-22(12-13-41(5)6)25(16-29(42)43)34(37,38)39)33(46)40-27(17-30(44)45)24-14-23(15-26(35)32(24)36)31-20(3)8-7-9-21(31)4/h7-9,14-16,18-19,27-28H,10-13,17H2,1-6H3,(H,40,46)(H,44,45). The van der Waals surface area contributed by atoms with Crippen LogP contribution in [0.2, 0.25) is 5.02 Å². The summed E-state index contributed by atoms with van der Waals surface area (Å²) in [6, 6.07) is 6.24. The van der Waals surface area contributed by atoms with E-state index in [0.29, 0.717) is 18.1 Å². The molecule has 1 aromatic heterocycles. The first-order valence-electron chi connectivity index (χ1n) is 14.9. The van der Waals surface area contributed by atoms with E-state index in [-0.39, 0.29) is 41.5 Å². The van der Waals surface area contributed by atoms with E-state index in [2.05, 4.69) is 5.32 Å². The van der Waals surface area contributed by atoms with Crippen molar-refractivity contribution in [1.29, 1.82) is 0 Å². The van der Waals surface area contributed by atoms with Crippen molar-refractivity contribution >= 4 is 23.5 Å². The van der Waals surface area contributed by atoms with Crippen LogP contribution in [-0.2, 0) is 22.2 Å². The molecule has 0 radical (unpaired) electrons. The third kappa shape index (κ3) is 9.19. The van der Waals surface area contributed by atoms with Crippen LogP contribution in [0, 0.1) is 25.6 Å². The minimum Gasteiger partial charge on any atom is -0.481 e. The van der Waals surface area contributed by atoms with Gasteiger partial charge in [0.25, 0.3) is 5.56 Å². The van der Waals surface area contributed by atoms with Crippen LogP contribution < -0.4 is 10.9 Å². The number of nitrogens with one attached hydrogen (secondary N) is 1. The Bertz CT molecular complexity index is 1620. The summed E-state index contributed by atoms with van der Waals surface area (Å²) in [6.07, 6.45) is -4.01. The second-order valence-electron chi connectivity index (χ2n) is 12.3. The smallest absolute Gasteiger partial charge is 0.416 e. The number of aryl methyl sites for hydroxylation is 2. The molecule has 0 saturated heterocycles. The van der Waals surface area contributed by atoms with Crippen LogP contribution in [0.15, 0.2) is 47.4 Å². The summed E-state index contributed by atoms with van der Waals surface area (Å²) in [5.74, 6) is -3.02. The van der Waals surface area contributed by atoms with E-state index in [4.69, 9.17) is 11.6 Å². The summed E-state index contributed by atoms with van der Waals surface area (Å²) in [5.41, 5.74) is 0.568. The normalized spacial score (nSPS) is 13.2. The lowest BCUT2D eigenvalue weighted by molar-refractivity contribution is -0.139. The minimum atomic E-state index is -4.79. The third-order valence-corrected chi connectivity index (χ3v) is 8.12. The Labute approximate surface area is 271 Å². The van der Waals surface area contributed by atoms with Crippen LogP contribution in [0.3, 0.4) is 0 Å². The molecule has 0 fully saturated rings. The third-order valence-electron chi connectivity index (χ3n) is 7.85. The van der Waals surface area contributed by atoms with Gasteiger partial charge in [0, 0.05) is 24.4 Å². The highest BCUT2D eigenvalue weighted by Crippen LogP contribution is 2.36. The van der Waals surface area contributed by atoms with Gasteiger partial charge in [0.15, 0.2) is 0 Å². The van der Waals surface area contributed by atoms with Gasteiger partial charge in [-0.2, -0.15) is 13.2 Å². The summed E-state index contributed by atoms with van der Waals surface area (Å²) >= 11 is 6.30. The zero-order valence-corrected chi connectivity index (χ0v) is 27.5. The van der Waals surface area contributed by atoms with Crippen molar-refractivity contribution in [2.24, 2.45) is 5.92 Å². The number of hydrogen-bond donors (Lipinski definition) is 2. The molecule has 3 aromatic rings. The number of hydrogen-bond acceptors (Lipinski definition) is 4. The van der Waals surface area contributed by atoms with Crippen LogP contribution in [0.1, 0.15) is 73.0 Å². The lowest BCUT2D eigenvalue weighted by atomic mass is 9.92. The molecule has 0 aliphatic heterocycles. The highest BCUT2D eigenvalue weighted by Gasteiger charge is 2.36. The topological polar surface area (TPSA) is 91.6 Å². The largest absolute Gasteiger partial charge is 0.481 e. The molecule has 1 amide bonds. The number of carboxylic acid groups (broad SMARTS) is 1. The first kappa shape index (κ1) is 36.8. The molecular weight excluding hydrogens is 626 g/mol. The van der Waals surface area contributed by atoms with Crippen molar-refractivity contribution in [3.63, 3.8) is 0 Å². The Morgan fingerprint density at radius 1 is 1.07 bits per heavy atom. The number of carbonyl (C=O) groups excluding carboxylic acids is 1. The molecule has 0 aliphatic carbocycles. The second kappa shape index (κ2) is 15.3. The molecule has 2 unspecified atom stereocenters. The van der Waals surface area contributed by atoms with Crippen molar-refractivity contribution in [1.82, 2.24) is 14.8 Å². The molecule has 2 aromatic carbocycles. The maximum absolute atomic E-state index is 15.6. The summed E-state index contributed by atoms with van der Waals surface area (Å²) in [5, 5.41) is 12.1. The molecule has 7 nitrogen and oxygen atoms in total. The number of aromatic nitrogens is 1. The number of carboxylic acids is 1. The summed E-state index contributed by atoms with van der Waals surface area (Å²) in [6.45, 7) is 7.75. The molecule has 0 spiro atoms. The molecule has 0 saturated carbocycles. The van der Waals surface area contributed by atoms with Gasteiger partial charge in [0.2, 0.25) is 5.91 Å². The van der Waals surface area contributed by atoms with Gasteiger partial charge in [-0.05, 0) is 93.1 Å². The maximum Gasteiger partial charge on any atom is 0.416 e. The summed E-state index contributed by atoms with van der Waals surface area (Å²) < 4.78 is 58.3. The number of rotatable bonds is 13. The number of carbonyl (C=O) groups is 2. The van der Waals surface area contributed by atoms with Crippen LogP contribution in [0.5, 0.6) is 0 Å². The highest BCUT2D eigenvalue weighted by molar-refractivity contribution is 6.31. The fourth-order valence-electron chi connectivity index (χ4n) is 5.49. The molecule has 3 rings (SSSR count). The number of nitrogens with zero attached hydrogens (tertiary/aromatic N) is 2. The van der Waals surface area contributed by atoms with E-state index < -0.39 is 53.5 Å². The zero-order chi connectivity index (χ0) is 34.5. The van der Waals surface area contributed by atoms with E-state index in [1.807, 2.05) is 45.9 Å². The Morgan fingerprint density at radius 2 is 1.70 bits per heavy atom. The van der Waals surface area contributed by atoms with Crippen molar-refractivity contribution in [2.45, 2.75) is 71.6 Å². The Morgan fingerprint density at radius 3 is 2.24 bits per heavy atom. The molecule has 1 heterocycles. The number of alkyl halides is 3. The number of halogens is 5. The average Bonchev–Trinajstić information content (AvgIpc) is 2.93. The van der Waals surface area contributed by atoms with E-state index in [9.17, 15) is 32.7 Å². The Kier molecular flexibility index (Phi) is 12.2. The maximum atomic E-state index is 15.6. The molecule has 0 bridgehead atoms. The average molecular weight is 666 g/mol. The van der Waals surface area contributed by atoms with Crippen molar-refractivity contribution in [2.75, 3.05) is 20.6 Å². The molecular formula is C34H40ClF4N3O4. The summed E-state index contributed by atoms with van der Waals surface area (Å²) in [7, 11) is 3.40. The van der Waals surface area contributed by atoms with E-state index in [1.54, 1.807) is 19.0 Å². The van der Waals surface area contributed by atoms with Crippen molar-refractivity contribution < 1.29 is 32.3 Å². The van der Waals surface area contributed by atoms with Crippen molar-refractivity contribution in [3.8, 4) is 11.1 Å². The first-order valence-corrected chi connectivity index (χ1v) is 15.3. The number of likely N-dealkylation sites (N-methyl/N-ethyl adjacent to an activating group) is 1. The quantitative estimate of drug-likeness (QED) is 0.186. The second-order valence-corrected chi connectivity index (χ2v) is 12.7. The monoisotopic (exact) mass is 665 g/mol. The van der Waals surface area contributed by atoms with Gasteiger partial charge in [-0.25, -0.2) is 4.39 Å². The fourth-order valence-corrected chi connectivity index (χ4v) is 5.72. The Balaban J connectivity index is 2.15. The van der Waals surface area contributed by atoms with Crippen LogP contribution >= 0.6 is 11.6 Å². The molecule has 0 aliphatic rings. The van der Waals surface area contributed by atoms with E-state index in [0.717, 1.165) is 27.5 Å². The van der Waals surface area contributed by atoms with E-state index >= 15 is 4.39 Å². The van der Waals surface area contributed by atoms with Gasteiger partial charge in [-0.15, -0.1) is 0 Å². The number of amides is 1. The van der Waals surface area contributed by atoms with Gasteiger partial charge < -0.3 is 19.9 Å². The molecule has 2 N–H and O–H groups in total. The number of aliphatic carboxylic acids is 1. The van der Waals surface area contributed by atoms with Gasteiger partial charge >= 0.3 is 12.1 Å². The van der Waals surface area contributed by atoms with Gasteiger partial charge in [0.1, 0.15) is 11.9 Å². The van der Waals surface area contributed by atoms with Gasteiger partial charge in [0.05, 0.1) is 23.0 Å². The fraction of sp³-hybridized carbons (Fsp3) is 0.441. The minimum absolute atomic E-state index is 0.0445. The SMILES string of the molecule is Cc1cccc(C)c1-c1cc(Cl)c(F)c(C(CC(=O)O)NC(=O)C(CCC(C)C)n2cc(CCN(C)C)c(C(F)(F)F)cc2=O)c1. The van der Waals surface area contributed by atoms with Crippen LogP contribution in [0.25, 0.3) is 11.1 Å². The van der Waals surface area contributed by atoms with E-state index in [1.165, 1.54) is 12.1 Å². The van der Waals surface area contributed by atoms with Crippen molar-refractivity contribution in [3.05, 3.63) is 91.6 Å². The van der Waals surface area contributed by atoms with Crippen LogP contribution in [-0.4, -0.2) is 47.1 Å². The molecule has 2 atom stereocenters. The summed E-state index contributed by atoms with van der Waals surface area (Å²) in [4.78, 5) is 40.8.